The molecule has 1 aliphatic heterocycles. The molecule has 2 aliphatic rings. The molecule has 2 heterocycles. The number of nitrogens with zero attached hydrogens (tertiary/aromatic N) is 2. The summed E-state index contributed by atoms with van der Waals surface area (Å²) in [5, 5.41) is 0. The molecule has 24 heavy (non-hydrogen) atoms. The van der Waals surface area contributed by atoms with Crippen LogP contribution in [0.5, 0.6) is 0 Å². The zero-order chi connectivity index (χ0) is 16.4. The van der Waals surface area contributed by atoms with Gasteiger partial charge in [-0.05, 0) is 48.4 Å². The van der Waals surface area contributed by atoms with Gasteiger partial charge in [-0.1, -0.05) is 43.2 Å². The molecule has 124 valence electrons. The Kier molecular flexibility index (Phi) is 4.33. The molecule has 0 unspecified atom stereocenters. The van der Waals surface area contributed by atoms with Gasteiger partial charge in [0.2, 0.25) is 5.91 Å². The standard InChI is InChI=1S/C21H24N2O/c24-21(19-15-18(19)16-7-3-1-4-8-16)23-14-6-2-5-9-20(23)17-10-12-22-13-11-17/h1,3-4,7-8,10-13,18-20H,2,5-6,9,14-15H2/t18-,19-,20+/m1/s1. The number of amides is 1. The van der Waals surface area contributed by atoms with Crippen molar-refractivity contribution < 1.29 is 4.79 Å². The molecule has 1 saturated carbocycles. The van der Waals surface area contributed by atoms with Gasteiger partial charge >= 0.3 is 0 Å². The van der Waals surface area contributed by atoms with E-state index in [1.807, 2.05) is 18.5 Å². The van der Waals surface area contributed by atoms with Crippen LogP contribution >= 0.6 is 0 Å². The number of carbonyl (C=O) groups excluding carboxylic acids is 1. The van der Waals surface area contributed by atoms with Crippen LogP contribution in [0.3, 0.4) is 0 Å². The Morgan fingerprint density at radius 2 is 1.75 bits per heavy atom. The minimum Gasteiger partial charge on any atom is -0.335 e. The molecule has 1 aromatic carbocycles. The van der Waals surface area contributed by atoms with Gasteiger partial charge in [-0.3, -0.25) is 9.78 Å². The maximum absolute atomic E-state index is 13.2. The minimum absolute atomic E-state index is 0.176. The van der Waals surface area contributed by atoms with E-state index in [0.29, 0.717) is 11.8 Å². The van der Waals surface area contributed by atoms with E-state index in [1.165, 1.54) is 24.0 Å². The smallest absolute Gasteiger partial charge is 0.226 e. The average molecular weight is 320 g/mol. The first-order chi connectivity index (χ1) is 11.8. The van der Waals surface area contributed by atoms with Gasteiger partial charge in [0.1, 0.15) is 0 Å². The second-order valence-electron chi connectivity index (χ2n) is 7.04. The fraction of sp³-hybridized carbons (Fsp3) is 0.429. The summed E-state index contributed by atoms with van der Waals surface area (Å²) < 4.78 is 0. The van der Waals surface area contributed by atoms with Crippen LogP contribution in [0, 0.1) is 5.92 Å². The Balaban J connectivity index is 1.53. The van der Waals surface area contributed by atoms with Crippen molar-refractivity contribution in [3.8, 4) is 0 Å². The molecular weight excluding hydrogens is 296 g/mol. The molecule has 1 amide bonds. The van der Waals surface area contributed by atoms with Crippen LogP contribution in [0.15, 0.2) is 54.9 Å². The minimum atomic E-state index is 0.176. The van der Waals surface area contributed by atoms with Crippen LogP contribution in [-0.2, 0) is 4.79 Å². The van der Waals surface area contributed by atoms with Crippen LogP contribution in [0.4, 0.5) is 0 Å². The van der Waals surface area contributed by atoms with Crippen molar-refractivity contribution >= 4 is 5.91 Å². The number of pyridine rings is 1. The third-order valence-corrected chi connectivity index (χ3v) is 5.46. The summed E-state index contributed by atoms with van der Waals surface area (Å²) in [4.78, 5) is 19.5. The maximum atomic E-state index is 13.2. The summed E-state index contributed by atoms with van der Waals surface area (Å²) in [7, 11) is 0. The van der Waals surface area contributed by atoms with Gasteiger partial charge in [-0.15, -0.1) is 0 Å². The predicted octanol–water partition coefficient (Wildman–Crippen LogP) is 4.33. The number of benzene rings is 1. The average Bonchev–Trinajstić information content (AvgIpc) is 3.46. The number of rotatable bonds is 3. The molecule has 3 heteroatoms. The van der Waals surface area contributed by atoms with Crippen LogP contribution in [0.25, 0.3) is 0 Å². The fourth-order valence-electron chi connectivity index (χ4n) is 4.05. The highest BCUT2D eigenvalue weighted by Gasteiger charge is 2.46. The number of carbonyl (C=O) groups is 1. The molecule has 1 aromatic heterocycles. The quantitative estimate of drug-likeness (QED) is 0.843. The SMILES string of the molecule is O=C([C@@H]1C[C@@H]1c1ccccc1)N1CCCCC[C@H]1c1ccncc1. The fourth-order valence-corrected chi connectivity index (χ4v) is 4.05. The van der Waals surface area contributed by atoms with Crippen LogP contribution < -0.4 is 0 Å². The molecule has 0 radical (unpaired) electrons. The number of hydrogen-bond acceptors (Lipinski definition) is 2. The second-order valence-corrected chi connectivity index (χ2v) is 7.04. The molecule has 4 rings (SSSR count). The second kappa shape index (κ2) is 6.76. The summed E-state index contributed by atoms with van der Waals surface area (Å²) in [6.07, 6.45) is 9.29. The van der Waals surface area contributed by atoms with Crippen molar-refractivity contribution in [3.63, 3.8) is 0 Å². The molecular formula is C21H24N2O. The Hall–Kier alpha value is -2.16. The summed E-state index contributed by atoms with van der Waals surface area (Å²) in [5.74, 6) is 0.947. The summed E-state index contributed by atoms with van der Waals surface area (Å²) in [6, 6.07) is 14.8. The van der Waals surface area contributed by atoms with E-state index in [9.17, 15) is 4.79 Å². The topological polar surface area (TPSA) is 33.2 Å². The van der Waals surface area contributed by atoms with E-state index in [0.717, 1.165) is 25.8 Å². The predicted molar refractivity (Wildman–Crippen MR) is 94.4 cm³/mol. The highest BCUT2D eigenvalue weighted by Crippen LogP contribution is 2.49. The van der Waals surface area contributed by atoms with E-state index < -0.39 is 0 Å². The van der Waals surface area contributed by atoms with Gasteiger partial charge in [-0.25, -0.2) is 0 Å². The van der Waals surface area contributed by atoms with Crippen LogP contribution in [0.2, 0.25) is 0 Å². The van der Waals surface area contributed by atoms with E-state index >= 15 is 0 Å². The number of hydrogen-bond donors (Lipinski definition) is 0. The highest BCUT2D eigenvalue weighted by atomic mass is 16.2. The first-order valence-corrected chi connectivity index (χ1v) is 9.10. The zero-order valence-corrected chi connectivity index (χ0v) is 14.0. The molecule has 0 bridgehead atoms. The Morgan fingerprint density at radius 1 is 0.958 bits per heavy atom. The molecule has 2 fully saturated rings. The van der Waals surface area contributed by atoms with Crippen molar-refractivity contribution in [2.24, 2.45) is 5.92 Å². The number of aromatic nitrogens is 1. The van der Waals surface area contributed by atoms with Gasteiger partial charge < -0.3 is 4.90 Å². The Bertz CT molecular complexity index is 685. The Labute approximate surface area is 143 Å². The van der Waals surface area contributed by atoms with E-state index in [1.54, 1.807) is 0 Å². The van der Waals surface area contributed by atoms with Gasteiger partial charge in [-0.2, -0.15) is 0 Å². The Morgan fingerprint density at radius 3 is 2.54 bits per heavy atom. The monoisotopic (exact) mass is 320 g/mol. The molecule has 1 saturated heterocycles. The van der Waals surface area contributed by atoms with Gasteiger partial charge in [0.25, 0.3) is 0 Å². The molecule has 3 atom stereocenters. The largest absolute Gasteiger partial charge is 0.335 e. The normalized spacial score (nSPS) is 26.7. The summed E-state index contributed by atoms with van der Waals surface area (Å²) in [5.41, 5.74) is 2.54. The lowest BCUT2D eigenvalue weighted by atomic mass is 10.0. The van der Waals surface area contributed by atoms with Crippen LogP contribution in [0.1, 0.15) is 55.2 Å². The van der Waals surface area contributed by atoms with Crippen molar-refractivity contribution in [2.45, 2.75) is 44.1 Å². The lowest BCUT2D eigenvalue weighted by molar-refractivity contribution is -0.135. The van der Waals surface area contributed by atoms with E-state index in [2.05, 4.69) is 46.3 Å². The number of likely N-dealkylation sites (tertiary alicyclic amines) is 1. The first-order valence-electron chi connectivity index (χ1n) is 9.10. The van der Waals surface area contributed by atoms with Crippen molar-refractivity contribution in [1.29, 1.82) is 0 Å². The van der Waals surface area contributed by atoms with Gasteiger partial charge in [0, 0.05) is 24.9 Å². The van der Waals surface area contributed by atoms with Crippen LogP contribution in [-0.4, -0.2) is 22.3 Å². The van der Waals surface area contributed by atoms with Gasteiger partial charge in [0.15, 0.2) is 0 Å². The summed E-state index contributed by atoms with van der Waals surface area (Å²) >= 11 is 0. The molecule has 0 spiro atoms. The highest BCUT2D eigenvalue weighted by molar-refractivity contribution is 5.83. The first kappa shape index (κ1) is 15.4. The van der Waals surface area contributed by atoms with E-state index in [4.69, 9.17) is 0 Å². The molecule has 3 nitrogen and oxygen atoms in total. The lowest BCUT2D eigenvalue weighted by Gasteiger charge is -2.31. The van der Waals surface area contributed by atoms with Crippen molar-refractivity contribution in [3.05, 3.63) is 66.0 Å². The van der Waals surface area contributed by atoms with E-state index in [-0.39, 0.29) is 12.0 Å². The zero-order valence-electron chi connectivity index (χ0n) is 14.0. The summed E-state index contributed by atoms with van der Waals surface area (Å²) in [6.45, 7) is 0.893. The molecule has 0 N–H and O–H groups in total. The van der Waals surface area contributed by atoms with Crippen molar-refractivity contribution in [1.82, 2.24) is 9.88 Å². The molecule has 1 aliphatic carbocycles. The molecule has 2 aromatic rings. The third-order valence-electron chi connectivity index (χ3n) is 5.46. The third kappa shape index (κ3) is 3.08. The maximum Gasteiger partial charge on any atom is 0.226 e. The van der Waals surface area contributed by atoms with Gasteiger partial charge in [0.05, 0.1) is 6.04 Å². The van der Waals surface area contributed by atoms with Crippen molar-refractivity contribution in [2.75, 3.05) is 6.54 Å². The lowest BCUT2D eigenvalue weighted by Crippen LogP contribution is -2.36.